The van der Waals surface area contributed by atoms with Crippen molar-refractivity contribution in [1.82, 2.24) is 10.5 Å². The maximum Gasteiger partial charge on any atom is 0.141 e. The lowest BCUT2D eigenvalue weighted by Gasteiger charge is -2.09. The molecule has 1 aliphatic rings. The van der Waals surface area contributed by atoms with Gasteiger partial charge in [0.25, 0.3) is 0 Å². The van der Waals surface area contributed by atoms with Gasteiger partial charge in [-0.15, -0.1) is 0 Å². The molecular weight excluding hydrogens is 276 g/mol. The van der Waals surface area contributed by atoms with Crippen LogP contribution in [0.3, 0.4) is 0 Å². The molecule has 106 valence electrons. The maximum absolute atomic E-state index is 5.97. The van der Waals surface area contributed by atoms with Crippen LogP contribution in [0.4, 0.5) is 0 Å². The zero-order chi connectivity index (χ0) is 13.8. The highest BCUT2D eigenvalue weighted by Gasteiger charge is 2.15. The van der Waals surface area contributed by atoms with Gasteiger partial charge in [-0.05, 0) is 37.1 Å². The van der Waals surface area contributed by atoms with E-state index in [1.165, 1.54) is 6.42 Å². The molecule has 2 heterocycles. The summed E-state index contributed by atoms with van der Waals surface area (Å²) in [6.07, 6.45) is 3.08. The monoisotopic (exact) mass is 292 g/mol. The lowest BCUT2D eigenvalue weighted by molar-refractivity contribution is 0.0281. The van der Waals surface area contributed by atoms with Gasteiger partial charge in [-0.3, -0.25) is 5.32 Å². The summed E-state index contributed by atoms with van der Waals surface area (Å²) in [5.41, 5.74) is 1.94. The summed E-state index contributed by atoms with van der Waals surface area (Å²) in [4.78, 5) is 0. The number of halogens is 1. The molecule has 1 aromatic heterocycles. The maximum atomic E-state index is 5.97. The Hall–Kier alpha value is -1.36. The Labute approximate surface area is 123 Å². The molecule has 1 unspecified atom stereocenters. The molecule has 0 saturated carbocycles. The molecule has 1 saturated heterocycles. The Kier molecular flexibility index (Phi) is 4.35. The van der Waals surface area contributed by atoms with Crippen LogP contribution in [0, 0.1) is 0 Å². The van der Waals surface area contributed by atoms with Crippen LogP contribution in [0.1, 0.15) is 29.9 Å². The number of rotatable bonds is 5. The predicted molar refractivity (Wildman–Crippen MR) is 76.6 cm³/mol. The molecule has 0 amide bonds. The van der Waals surface area contributed by atoms with E-state index in [1.807, 2.05) is 30.3 Å². The minimum absolute atomic E-state index is 0.156. The summed E-state index contributed by atoms with van der Waals surface area (Å²) < 4.78 is 11.0. The van der Waals surface area contributed by atoms with Gasteiger partial charge in [0.15, 0.2) is 0 Å². The van der Waals surface area contributed by atoms with Gasteiger partial charge in [0.1, 0.15) is 17.7 Å². The van der Waals surface area contributed by atoms with Gasteiger partial charge >= 0.3 is 0 Å². The summed E-state index contributed by atoms with van der Waals surface area (Å²) >= 11 is 5.97. The van der Waals surface area contributed by atoms with Crippen LogP contribution in [0.15, 0.2) is 34.9 Å². The fourth-order valence-corrected chi connectivity index (χ4v) is 2.55. The Morgan fingerprint density at radius 3 is 3.15 bits per heavy atom. The van der Waals surface area contributed by atoms with Crippen molar-refractivity contribution in [3.8, 4) is 0 Å². The first-order chi connectivity index (χ1) is 9.79. The molecule has 0 spiro atoms. The predicted octanol–water partition coefficient (Wildman–Crippen LogP) is 3.14. The molecule has 0 aliphatic carbocycles. The van der Waals surface area contributed by atoms with Gasteiger partial charge in [-0.1, -0.05) is 28.9 Å². The summed E-state index contributed by atoms with van der Waals surface area (Å²) in [6, 6.07) is 9.69. The Bertz CT molecular complexity index is 565. The van der Waals surface area contributed by atoms with Gasteiger partial charge in [0.2, 0.25) is 0 Å². The Morgan fingerprint density at radius 2 is 2.35 bits per heavy atom. The standard InChI is InChI=1S/C15H17ClN2O2/c16-12-4-1-3-11(7-12)8-14-9-13(18-20-14)10-19-15-5-2-6-17-15/h1,3-4,7,9,15,17H,2,5-6,8,10H2. The topological polar surface area (TPSA) is 47.3 Å². The van der Waals surface area contributed by atoms with Crippen molar-refractivity contribution < 1.29 is 9.26 Å². The number of hydrogen-bond acceptors (Lipinski definition) is 4. The first kappa shape index (κ1) is 13.6. The highest BCUT2D eigenvalue weighted by atomic mass is 35.5. The summed E-state index contributed by atoms with van der Waals surface area (Å²) in [5, 5.41) is 8.05. The van der Waals surface area contributed by atoms with E-state index in [4.69, 9.17) is 20.9 Å². The van der Waals surface area contributed by atoms with Crippen LogP contribution in [0.25, 0.3) is 0 Å². The van der Waals surface area contributed by atoms with Crippen LogP contribution in [-0.4, -0.2) is 17.9 Å². The SMILES string of the molecule is Clc1cccc(Cc2cc(COC3CCCN3)no2)c1. The number of ether oxygens (including phenoxy) is 1. The van der Waals surface area contributed by atoms with Crippen LogP contribution in [0.2, 0.25) is 5.02 Å². The van der Waals surface area contributed by atoms with Crippen molar-refractivity contribution >= 4 is 11.6 Å². The van der Waals surface area contributed by atoms with Crippen molar-refractivity contribution in [2.45, 2.75) is 32.1 Å². The molecular formula is C15H17ClN2O2. The number of benzene rings is 1. The van der Waals surface area contributed by atoms with Gasteiger partial charge in [0.05, 0.1) is 6.61 Å². The third kappa shape index (κ3) is 3.60. The highest BCUT2D eigenvalue weighted by molar-refractivity contribution is 6.30. The molecule has 1 N–H and O–H groups in total. The lowest BCUT2D eigenvalue weighted by Crippen LogP contribution is -2.24. The van der Waals surface area contributed by atoms with E-state index in [2.05, 4.69) is 10.5 Å². The van der Waals surface area contributed by atoms with E-state index in [0.717, 1.165) is 35.0 Å². The molecule has 2 aromatic rings. The smallest absolute Gasteiger partial charge is 0.141 e. The van der Waals surface area contributed by atoms with E-state index in [-0.39, 0.29) is 6.23 Å². The second kappa shape index (κ2) is 6.39. The minimum Gasteiger partial charge on any atom is -0.361 e. The van der Waals surface area contributed by atoms with E-state index in [1.54, 1.807) is 0 Å². The highest BCUT2D eigenvalue weighted by Crippen LogP contribution is 2.16. The second-order valence-corrected chi connectivity index (χ2v) is 5.42. The molecule has 1 aliphatic heterocycles. The van der Waals surface area contributed by atoms with Crippen molar-refractivity contribution in [1.29, 1.82) is 0 Å². The van der Waals surface area contributed by atoms with Gasteiger partial charge in [-0.2, -0.15) is 0 Å². The molecule has 4 nitrogen and oxygen atoms in total. The average Bonchev–Trinajstić information content (AvgIpc) is 3.07. The van der Waals surface area contributed by atoms with E-state index < -0.39 is 0 Å². The molecule has 3 rings (SSSR count). The van der Waals surface area contributed by atoms with Gasteiger partial charge in [-0.25, -0.2) is 0 Å². The molecule has 20 heavy (non-hydrogen) atoms. The van der Waals surface area contributed by atoms with Crippen molar-refractivity contribution in [2.75, 3.05) is 6.54 Å². The summed E-state index contributed by atoms with van der Waals surface area (Å²) in [7, 11) is 0. The quantitative estimate of drug-likeness (QED) is 0.920. The van der Waals surface area contributed by atoms with Crippen LogP contribution >= 0.6 is 11.6 Å². The second-order valence-electron chi connectivity index (χ2n) is 4.99. The fourth-order valence-electron chi connectivity index (χ4n) is 2.34. The summed E-state index contributed by atoms with van der Waals surface area (Å²) in [5.74, 6) is 0.824. The van der Waals surface area contributed by atoms with Crippen LogP contribution in [0.5, 0.6) is 0 Å². The third-order valence-corrected chi connectivity index (χ3v) is 3.56. The zero-order valence-electron chi connectivity index (χ0n) is 11.1. The molecule has 0 radical (unpaired) electrons. The molecule has 1 atom stereocenters. The Morgan fingerprint density at radius 1 is 1.40 bits per heavy atom. The number of aromatic nitrogens is 1. The number of nitrogens with zero attached hydrogens (tertiary/aromatic N) is 1. The fraction of sp³-hybridized carbons (Fsp3) is 0.400. The minimum atomic E-state index is 0.156. The van der Waals surface area contributed by atoms with E-state index >= 15 is 0 Å². The number of hydrogen-bond donors (Lipinski definition) is 1. The first-order valence-electron chi connectivity index (χ1n) is 6.83. The molecule has 5 heteroatoms. The van der Waals surface area contributed by atoms with Crippen LogP contribution < -0.4 is 5.32 Å². The van der Waals surface area contributed by atoms with Gasteiger partial charge < -0.3 is 9.26 Å². The lowest BCUT2D eigenvalue weighted by atomic mass is 10.1. The molecule has 1 fully saturated rings. The van der Waals surface area contributed by atoms with Crippen molar-refractivity contribution in [2.24, 2.45) is 0 Å². The molecule has 1 aromatic carbocycles. The van der Waals surface area contributed by atoms with Gasteiger partial charge in [0, 0.05) is 17.5 Å². The normalized spacial score (nSPS) is 18.6. The number of nitrogens with one attached hydrogen (secondary N) is 1. The van der Waals surface area contributed by atoms with Crippen molar-refractivity contribution in [3.63, 3.8) is 0 Å². The van der Waals surface area contributed by atoms with Crippen LogP contribution in [-0.2, 0) is 17.8 Å². The average molecular weight is 293 g/mol. The third-order valence-electron chi connectivity index (χ3n) is 3.32. The largest absolute Gasteiger partial charge is 0.361 e. The van der Waals surface area contributed by atoms with Crippen molar-refractivity contribution in [3.05, 3.63) is 52.4 Å². The van der Waals surface area contributed by atoms with E-state index in [0.29, 0.717) is 13.0 Å². The first-order valence-corrected chi connectivity index (χ1v) is 7.21. The Balaban J connectivity index is 1.56. The zero-order valence-corrected chi connectivity index (χ0v) is 11.9. The molecule has 0 bridgehead atoms. The summed E-state index contributed by atoms with van der Waals surface area (Å²) in [6.45, 7) is 1.51. The van der Waals surface area contributed by atoms with E-state index in [9.17, 15) is 0 Å².